The van der Waals surface area contributed by atoms with E-state index >= 15 is 0 Å². The van der Waals surface area contributed by atoms with E-state index in [0.29, 0.717) is 6.42 Å². The van der Waals surface area contributed by atoms with Crippen molar-refractivity contribution in [1.82, 2.24) is 0 Å². The zero-order valence-electron chi connectivity index (χ0n) is 11.0. The zero-order chi connectivity index (χ0) is 14.0. The number of hydrogen-bond donors (Lipinski definition) is 1. The number of halogens is 2. The smallest absolute Gasteiger partial charge is 0.130 e. The molecule has 19 heavy (non-hydrogen) atoms. The van der Waals surface area contributed by atoms with Crippen molar-refractivity contribution in [2.45, 2.75) is 26.4 Å². The fourth-order valence-electron chi connectivity index (χ4n) is 2.30. The van der Waals surface area contributed by atoms with E-state index in [9.17, 15) is 9.50 Å². The van der Waals surface area contributed by atoms with Crippen LogP contribution in [0.25, 0.3) is 0 Å². The molecule has 3 heteroatoms. The minimum atomic E-state index is -0.937. The second-order valence-electron chi connectivity index (χ2n) is 4.73. The summed E-state index contributed by atoms with van der Waals surface area (Å²) in [7, 11) is 0. The number of aryl methyl sites for hydroxylation is 2. The summed E-state index contributed by atoms with van der Waals surface area (Å²) < 4.78 is 13.8. The average molecular weight is 279 g/mol. The maximum atomic E-state index is 13.8. The minimum absolute atomic E-state index is 0.173. The SMILES string of the molecule is Cc1cccc(C)c1CC(O)c1c(F)cccc1Cl. The molecule has 0 amide bonds. The van der Waals surface area contributed by atoms with Gasteiger partial charge in [-0.3, -0.25) is 0 Å². The highest BCUT2D eigenvalue weighted by atomic mass is 35.5. The summed E-state index contributed by atoms with van der Waals surface area (Å²) in [6.45, 7) is 3.97. The molecule has 1 atom stereocenters. The van der Waals surface area contributed by atoms with Crippen molar-refractivity contribution in [3.63, 3.8) is 0 Å². The molecule has 1 nitrogen and oxygen atoms in total. The van der Waals surface area contributed by atoms with E-state index in [1.54, 1.807) is 6.07 Å². The lowest BCUT2D eigenvalue weighted by atomic mass is 9.94. The Kier molecular flexibility index (Phi) is 4.23. The molecule has 1 N–H and O–H groups in total. The second-order valence-corrected chi connectivity index (χ2v) is 5.13. The van der Waals surface area contributed by atoms with Crippen LogP contribution < -0.4 is 0 Å². The fraction of sp³-hybridized carbons (Fsp3) is 0.250. The lowest BCUT2D eigenvalue weighted by molar-refractivity contribution is 0.173. The molecule has 0 heterocycles. The van der Waals surface area contributed by atoms with Gasteiger partial charge in [-0.2, -0.15) is 0 Å². The molecule has 1 unspecified atom stereocenters. The van der Waals surface area contributed by atoms with E-state index in [-0.39, 0.29) is 10.6 Å². The van der Waals surface area contributed by atoms with Crippen molar-refractivity contribution in [3.05, 3.63) is 69.5 Å². The van der Waals surface area contributed by atoms with E-state index in [0.717, 1.165) is 16.7 Å². The maximum Gasteiger partial charge on any atom is 0.130 e. The van der Waals surface area contributed by atoms with Crippen molar-refractivity contribution >= 4 is 11.6 Å². The van der Waals surface area contributed by atoms with Gasteiger partial charge in [-0.05, 0) is 42.7 Å². The molecular weight excluding hydrogens is 263 g/mol. The molecule has 0 bridgehead atoms. The first-order valence-corrected chi connectivity index (χ1v) is 6.55. The fourth-order valence-corrected chi connectivity index (χ4v) is 2.58. The number of hydrogen-bond acceptors (Lipinski definition) is 1. The highest BCUT2D eigenvalue weighted by Crippen LogP contribution is 2.29. The third-order valence-corrected chi connectivity index (χ3v) is 3.70. The van der Waals surface area contributed by atoms with Crippen LogP contribution in [0.15, 0.2) is 36.4 Å². The Labute approximate surface area is 117 Å². The van der Waals surface area contributed by atoms with Crippen molar-refractivity contribution in [3.8, 4) is 0 Å². The summed E-state index contributed by atoms with van der Waals surface area (Å²) in [5.74, 6) is -0.466. The summed E-state index contributed by atoms with van der Waals surface area (Å²) in [6.07, 6.45) is -0.576. The van der Waals surface area contributed by atoms with Gasteiger partial charge in [0.05, 0.1) is 6.10 Å². The third-order valence-electron chi connectivity index (χ3n) is 3.37. The Bertz CT molecular complexity index is 555. The quantitative estimate of drug-likeness (QED) is 0.884. The van der Waals surface area contributed by atoms with E-state index in [1.165, 1.54) is 12.1 Å². The van der Waals surface area contributed by atoms with Gasteiger partial charge < -0.3 is 5.11 Å². The molecule has 0 saturated heterocycles. The third kappa shape index (κ3) is 2.96. The number of rotatable bonds is 3. The Balaban J connectivity index is 2.34. The van der Waals surface area contributed by atoms with Crippen molar-refractivity contribution in [2.24, 2.45) is 0 Å². The van der Waals surface area contributed by atoms with Crippen LogP contribution in [-0.4, -0.2) is 5.11 Å². The van der Waals surface area contributed by atoms with E-state index in [1.807, 2.05) is 32.0 Å². The first kappa shape index (κ1) is 14.0. The second kappa shape index (κ2) is 5.72. The zero-order valence-corrected chi connectivity index (χ0v) is 11.7. The van der Waals surface area contributed by atoms with E-state index < -0.39 is 11.9 Å². The molecule has 0 aliphatic carbocycles. The largest absolute Gasteiger partial charge is 0.388 e. The first-order chi connectivity index (χ1) is 9.00. The van der Waals surface area contributed by atoms with Crippen LogP contribution in [0.3, 0.4) is 0 Å². The van der Waals surface area contributed by atoms with Crippen LogP contribution in [0.1, 0.15) is 28.4 Å². The molecule has 0 aliphatic heterocycles. The Morgan fingerprint density at radius 1 is 1.11 bits per heavy atom. The number of aliphatic hydroxyl groups is 1. The standard InChI is InChI=1S/C16H16ClFO/c1-10-5-3-6-11(2)12(10)9-15(19)16-13(17)7-4-8-14(16)18/h3-8,15,19H,9H2,1-2H3. The molecule has 0 spiro atoms. The monoisotopic (exact) mass is 278 g/mol. The summed E-state index contributed by atoms with van der Waals surface area (Å²) in [6, 6.07) is 10.4. The van der Waals surface area contributed by atoms with Crippen LogP contribution in [0.4, 0.5) is 4.39 Å². The highest BCUT2D eigenvalue weighted by molar-refractivity contribution is 6.31. The molecule has 0 radical (unpaired) electrons. The van der Waals surface area contributed by atoms with Gasteiger partial charge in [0, 0.05) is 17.0 Å². The van der Waals surface area contributed by atoms with Crippen LogP contribution in [-0.2, 0) is 6.42 Å². The molecule has 100 valence electrons. The molecule has 0 aliphatic rings. The summed E-state index contributed by atoms with van der Waals surface area (Å²) in [5.41, 5.74) is 3.39. The minimum Gasteiger partial charge on any atom is -0.388 e. The van der Waals surface area contributed by atoms with Gasteiger partial charge in [0.15, 0.2) is 0 Å². The van der Waals surface area contributed by atoms with E-state index in [2.05, 4.69) is 0 Å². The molecule has 2 rings (SSSR count). The molecule has 0 fully saturated rings. The summed E-state index contributed by atoms with van der Waals surface area (Å²) in [5, 5.41) is 10.5. The topological polar surface area (TPSA) is 20.2 Å². The molecule has 2 aromatic carbocycles. The number of benzene rings is 2. The van der Waals surface area contributed by atoms with Gasteiger partial charge >= 0.3 is 0 Å². The lowest BCUT2D eigenvalue weighted by Crippen LogP contribution is -2.07. The van der Waals surface area contributed by atoms with Crippen LogP contribution in [0, 0.1) is 19.7 Å². The average Bonchev–Trinajstić information content (AvgIpc) is 2.34. The predicted molar refractivity (Wildman–Crippen MR) is 76.0 cm³/mol. The van der Waals surface area contributed by atoms with Crippen molar-refractivity contribution in [1.29, 1.82) is 0 Å². The van der Waals surface area contributed by atoms with Crippen molar-refractivity contribution in [2.75, 3.05) is 0 Å². The Hall–Kier alpha value is -1.38. The number of aliphatic hydroxyl groups excluding tert-OH is 1. The normalized spacial score (nSPS) is 12.5. The van der Waals surface area contributed by atoms with Crippen LogP contribution >= 0.6 is 11.6 Å². The summed E-state index contributed by atoms with van der Waals surface area (Å²) in [4.78, 5) is 0. The van der Waals surface area contributed by atoms with Gasteiger partial charge in [0.2, 0.25) is 0 Å². The molecule has 0 aromatic heterocycles. The lowest BCUT2D eigenvalue weighted by Gasteiger charge is -2.16. The molecular formula is C16H16ClFO. The molecule has 0 saturated carbocycles. The van der Waals surface area contributed by atoms with Crippen molar-refractivity contribution < 1.29 is 9.50 Å². The van der Waals surface area contributed by atoms with E-state index in [4.69, 9.17) is 11.6 Å². The highest BCUT2D eigenvalue weighted by Gasteiger charge is 2.18. The Morgan fingerprint density at radius 3 is 2.26 bits per heavy atom. The van der Waals surface area contributed by atoms with Gasteiger partial charge in [-0.1, -0.05) is 35.9 Å². The predicted octanol–water partition coefficient (Wildman–Crippen LogP) is 4.37. The van der Waals surface area contributed by atoms with Gasteiger partial charge in [0.25, 0.3) is 0 Å². The maximum absolute atomic E-state index is 13.8. The Morgan fingerprint density at radius 2 is 1.68 bits per heavy atom. The van der Waals surface area contributed by atoms with Gasteiger partial charge in [0.1, 0.15) is 5.82 Å². The summed E-state index contributed by atoms with van der Waals surface area (Å²) >= 11 is 5.97. The van der Waals surface area contributed by atoms with Crippen LogP contribution in [0.2, 0.25) is 5.02 Å². The van der Waals surface area contributed by atoms with Crippen LogP contribution in [0.5, 0.6) is 0 Å². The molecule has 2 aromatic rings. The first-order valence-electron chi connectivity index (χ1n) is 6.17. The van der Waals surface area contributed by atoms with Gasteiger partial charge in [-0.15, -0.1) is 0 Å². The van der Waals surface area contributed by atoms with Gasteiger partial charge in [-0.25, -0.2) is 4.39 Å².